The molecule has 1 aromatic rings. The lowest BCUT2D eigenvalue weighted by molar-refractivity contribution is 0.0707. The van der Waals surface area contributed by atoms with Crippen molar-refractivity contribution in [3.63, 3.8) is 0 Å². The van der Waals surface area contributed by atoms with Gasteiger partial charge in [0.1, 0.15) is 5.69 Å². The van der Waals surface area contributed by atoms with Gasteiger partial charge in [0, 0.05) is 13.7 Å². The third-order valence-corrected chi connectivity index (χ3v) is 3.27. The van der Waals surface area contributed by atoms with Gasteiger partial charge in [-0.25, -0.2) is 0 Å². The van der Waals surface area contributed by atoms with Crippen LogP contribution in [0.1, 0.15) is 30.3 Å². The first-order valence-corrected chi connectivity index (χ1v) is 6.07. The Bertz CT molecular complexity index is 393. The van der Waals surface area contributed by atoms with Crippen molar-refractivity contribution >= 4 is 17.5 Å². The molecule has 0 saturated carbocycles. The number of aromatic nitrogens is 2. The first-order chi connectivity index (χ1) is 8.09. The minimum Gasteiger partial charge on any atom is -0.376 e. The third kappa shape index (κ3) is 2.61. The molecular formula is C11H16ClN3O2. The molecule has 1 aliphatic rings. The summed E-state index contributed by atoms with van der Waals surface area (Å²) in [5.74, 6) is -0.210. The molecule has 0 radical (unpaired) electrons. The Morgan fingerprint density at radius 2 is 2.53 bits per heavy atom. The van der Waals surface area contributed by atoms with Gasteiger partial charge in [0.15, 0.2) is 0 Å². The first kappa shape index (κ1) is 12.4. The number of aryl methyl sites for hydroxylation is 1. The average Bonchev–Trinajstić information content (AvgIpc) is 2.88. The molecule has 0 bridgehead atoms. The normalized spacial score (nSPS) is 21.5. The summed E-state index contributed by atoms with van der Waals surface area (Å²) in [4.78, 5) is 12.0. The number of ether oxygens (including phenoxy) is 1. The van der Waals surface area contributed by atoms with E-state index in [0.29, 0.717) is 10.7 Å². The summed E-state index contributed by atoms with van der Waals surface area (Å²) in [6, 6.07) is -0.0176. The molecule has 6 heteroatoms. The molecule has 17 heavy (non-hydrogen) atoms. The molecule has 1 aliphatic heterocycles. The van der Waals surface area contributed by atoms with E-state index in [1.54, 1.807) is 7.05 Å². The first-order valence-electron chi connectivity index (χ1n) is 5.69. The molecule has 0 spiro atoms. The summed E-state index contributed by atoms with van der Waals surface area (Å²) in [6.45, 7) is 2.72. The predicted octanol–water partition coefficient (Wildman–Crippen LogP) is 1.37. The molecule has 0 unspecified atom stereocenters. The highest BCUT2D eigenvalue weighted by molar-refractivity contribution is 6.33. The highest BCUT2D eigenvalue weighted by Crippen LogP contribution is 2.17. The number of rotatable bonds is 3. The summed E-state index contributed by atoms with van der Waals surface area (Å²) >= 11 is 5.91. The van der Waals surface area contributed by atoms with E-state index in [4.69, 9.17) is 16.3 Å². The van der Waals surface area contributed by atoms with E-state index >= 15 is 0 Å². The summed E-state index contributed by atoms with van der Waals surface area (Å²) in [5, 5.41) is 7.20. The Labute approximate surface area is 105 Å². The summed E-state index contributed by atoms with van der Waals surface area (Å²) in [7, 11) is 1.69. The van der Waals surface area contributed by atoms with Gasteiger partial charge < -0.3 is 10.1 Å². The van der Waals surface area contributed by atoms with Gasteiger partial charge in [-0.1, -0.05) is 11.6 Å². The molecule has 5 nitrogen and oxygen atoms in total. The number of carbonyl (C=O) groups is 1. The van der Waals surface area contributed by atoms with E-state index in [2.05, 4.69) is 10.4 Å². The van der Waals surface area contributed by atoms with Crippen LogP contribution in [0, 0.1) is 0 Å². The van der Waals surface area contributed by atoms with Gasteiger partial charge in [-0.2, -0.15) is 5.10 Å². The number of carbonyl (C=O) groups excluding carboxylic acids is 1. The van der Waals surface area contributed by atoms with Crippen molar-refractivity contribution in [3.8, 4) is 0 Å². The van der Waals surface area contributed by atoms with Crippen molar-refractivity contribution in [1.82, 2.24) is 15.1 Å². The largest absolute Gasteiger partial charge is 0.376 e. The van der Waals surface area contributed by atoms with Crippen molar-refractivity contribution in [2.45, 2.75) is 31.9 Å². The second kappa shape index (κ2) is 5.06. The molecule has 1 N–H and O–H groups in total. The summed E-state index contributed by atoms with van der Waals surface area (Å²) < 4.78 is 7.00. The summed E-state index contributed by atoms with van der Waals surface area (Å²) in [6.07, 6.45) is 3.61. The van der Waals surface area contributed by atoms with Crippen molar-refractivity contribution in [2.75, 3.05) is 6.61 Å². The average molecular weight is 258 g/mol. The van der Waals surface area contributed by atoms with Gasteiger partial charge in [-0.3, -0.25) is 9.48 Å². The minimum absolute atomic E-state index is 0.0176. The molecule has 2 atom stereocenters. The molecule has 0 aromatic carbocycles. The van der Waals surface area contributed by atoms with Crippen molar-refractivity contribution in [3.05, 3.63) is 16.9 Å². The second-order valence-electron chi connectivity index (χ2n) is 4.28. The van der Waals surface area contributed by atoms with Crippen LogP contribution in [-0.2, 0) is 11.8 Å². The lowest BCUT2D eigenvalue weighted by Crippen LogP contribution is -2.41. The molecule has 0 aliphatic carbocycles. The molecular weight excluding hydrogens is 242 g/mol. The number of amides is 1. The maximum Gasteiger partial charge on any atom is 0.271 e. The Hall–Kier alpha value is -1.07. The molecule has 2 rings (SSSR count). The number of hydrogen-bond donors (Lipinski definition) is 1. The number of nitrogens with one attached hydrogen (secondary N) is 1. The van der Waals surface area contributed by atoms with Crippen molar-refractivity contribution in [2.24, 2.45) is 7.05 Å². The van der Waals surface area contributed by atoms with Gasteiger partial charge >= 0.3 is 0 Å². The Morgan fingerprint density at radius 3 is 3.06 bits per heavy atom. The zero-order valence-electron chi connectivity index (χ0n) is 9.94. The molecule has 1 saturated heterocycles. The lowest BCUT2D eigenvalue weighted by Gasteiger charge is -2.19. The van der Waals surface area contributed by atoms with Crippen LogP contribution in [0.25, 0.3) is 0 Å². The van der Waals surface area contributed by atoms with Crippen LogP contribution in [0.2, 0.25) is 5.02 Å². The van der Waals surface area contributed by atoms with Crippen LogP contribution in [0.4, 0.5) is 0 Å². The SMILES string of the molecule is C[C@H](NC(=O)c1c(Cl)cnn1C)[C@H]1CCCO1. The van der Waals surface area contributed by atoms with Gasteiger partial charge in [-0.15, -0.1) is 0 Å². The van der Waals surface area contributed by atoms with E-state index in [9.17, 15) is 4.79 Å². The van der Waals surface area contributed by atoms with E-state index in [1.807, 2.05) is 6.92 Å². The Balaban J connectivity index is 2.01. The van der Waals surface area contributed by atoms with E-state index in [1.165, 1.54) is 10.9 Å². The zero-order valence-corrected chi connectivity index (χ0v) is 10.7. The summed E-state index contributed by atoms with van der Waals surface area (Å²) in [5.41, 5.74) is 0.386. The van der Waals surface area contributed by atoms with E-state index < -0.39 is 0 Å². The van der Waals surface area contributed by atoms with Crippen LogP contribution < -0.4 is 5.32 Å². The van der Waals surface area contributed by atoms with Gasteiger partial charge in [0.05, 0.1) is 23.4 Å². The fraction of sp³-hybridized carbons (Fsp3) is 0.636. The molecule has 1 aromatic heterocycles. The monoisotopic (exact) mass is 257 g/mol. The number of hydrogen-bond acceptors (Lipinski definition) is 3. The third-order valence-electron chi connectivity index (χ3n) is 2.99. The van der Waals surface area contributed by atoms with E-state index in [0.717, 1.165) is 19.4 Å². The quantitative estimate of drug-likeness (QED) is 0.890. The molecule has 1 amide bonds. The molecule has 2 heterocycles. The van der Waals surface area contributed by atoms with Gasteiger partial charge in [-0.05, 0) is 19.8 Å². The number of halogens is 1. The van der Waals surface area contributed by atoms with Gasteiger partial charge in [0.25, 0.3) is 5.91 Å². The van der Waals surface area contributed by atoms with E-state index in [-0.39, 0.29) is 18.1 Å². The smallest absolute Gasteiger partial charge is 0.271 e. The standard InChI is InChI=1S/C11H16ClN3O2/c1-7(9-4-3-5-17-9)14-11(16)10-8(12)6-13-15(10)2/h6-7,9H,3-5H2,1-2H3,(H,14,16)/t7-,9+/m0/s1. The van der Waals surface area contributed by atoms with Gasteiger partial charge in [0.2, 0.25) is 0 Å². The Morgan fingerprint density at radius 1 is 1.76 bits per heavy atom. The Kier molecular flexibility index (Phi) is 3.69. The lowest BCUT2D eigenvalue weighted by atomic mass is 10.1. The maximum atomic E-state index is 12.0. The highest BCUT2D eigenvalue weighted by Gasteiger charge is 2.25. The molecule has 94 valence electrons. The van der Waals surface area contributed by atoms with Crippen LogP contribution in [0.3, 0.4) is 0 Å². The van der Waals surface area contributed by atoms with Crippen LogP contribution in [0.5, 0.6) is 0 Å². The zero-order chi connectivity index (χ0) is 12.4. The van der Waals surface area contributed by atoms with Crippen LogP contribution in [-0.4, -0.2) is 34.4 Å². The van der Waals surface area contributed by atoms with Crippen molar-refractivity contribution < 1.29 is 9.53 Å². The van der Waals surface area contributed by atoms with Crippen molar-refractivity contribution in [1.29, 1.82) is 0 Å². The molecule has 1 fully saturated rings. The second-order valence-corrected chi connectivity index (χ2v) is 4.69. The topological polar surface area (TPSA) is 56.2 Å². The maximum absolute atomic E-state index is 12.0. The fourth-order valence-electron chi connectivity index (χ4n) is 2.03. The fourth-order valence-corrected chi connectivity index (χ4v) is 2.28. The minimum atomic E-state index is -0.210. The highest BCUT2D eigenvalue weighted by atomic mass is 35.5. The van der Waals surface area contributed by atoms with Crippen LogP contribution >= 0.6 is 11.6 Å². The van der Waals surface area contributed by atoms with Crippen LogP contribution in [0.15, 0.2) is 6.20 Å². The predicted molar refractivity (Wildman–Crippen MR) is 64.1 cm³/mol. The number of nitrogens with zero attached hydrogens (tertiary/aromatic N) is 2.